The van der Waals surface area contributed by atoms with Gasteiger partial charge in [-0.2, -0.15) is 0 Å². The molecular formula is C52H31N3Se. The van der Waals surface area contributed by atoms with E-state index in [4.69, 9.17) is 10.2 Å². The Balaban J connectivity index is 1.24. The van der Waals surface area contributed by atoms with E-state index in [1.165, 1.54) is 63.8 Å². The first-order valence-electron chi connectivity index (χ1n) is 19.0. The van der Waals surface area contributed by atoms with E-state index in [1.54, 1.807) is 0 Å². The molecule has 8 aromatic rings. The summed E-state index contributed by atoms with van der Waals surface area (Å²) >= 11 is 0.161. The second-order valence-corrected chi connectivity index (χ2v) is 17.0. The summed E-state index contributed by atoms with van der Waals surface area (Å²) in [5.74, 6) is 0. The van der Waals surface area contributed by atoms with Gasteiger partial charge in [0.1, 0.15) is 0 Å². The summed E-state index contributed by atoms with van der Waals surface area (Å²) in [5.41, 5.74) is 17.6. The third-order valence-electron chi connectivity index (χ3n) is 11.9. The molecule has 1 atom stereocenters. The number of allylic oxidation sites excluding steroid dienone is 10. The zero-order chi connectivity index (χ0) is 36.8. The Hall–Kier alpha value is -6.71. The van der Waals surface area contributed by atoms with E-state index >= 15 is 0 Å². The molecule has 12 rings (SSSR count). The van der Waals surface area contributed by atoms with Crippen molar-refractivity contribution in [1.82, 2.24) is 15.4 Å². The van der Waals surface area contributed by atoms with Gasteiger partial charge in [-0.1, -0.05) is 0 Å². The first-order chi connectivity index (χ1) is 27.8. The molecule has 1 spiro atoms. The Morgan fingerprint density at radius 2 is 1.07 bits per heavy atom. The molecule has 4 heteroatoms. The third-order valence-corrected chi connectivity index (χ3v) is 14.3. The molecule has 260 valence electrons. The Morgan fingerprint density at radius 1 is 0.446 bits per heavy atom. The molecule has 0 N–H and O–H groups in total. The van der Waals surface area contributed by atoms with Crippen LogP contribution in [0.4, 0.5) is 0 Å². The molecule has 4 aliphatic rings. The molecule has 2 aromatic heterocycles. The molecule has 0 saturated carbocycles. The van der Waals surface area contributed by atoms with Crippen LogP contribution in [0.3, 0.4) is 0 Å². The van der Waals surface area contributed by atoms with E-state index in [0.717, 1.165) is 44.8 Å². The second-order valence-electron chi connectivity index (χ2n) is 14.8. The van der Waals surface area contributed by atoms with Crippen molar-refractivity contribution in [3.8, 4) is 33.6 Å². The van der Waals surface area contributed by atoms with Gasteiger partial charge in [-0.3, -0.25) is 0 Å². The maximum absolute atomic E-state index is 5.18. The number of fused-ring (bicyclic) bond motifs is 11. The van der Waals surface area contributed by atoms with Crippen molar-refractivity contribution < 1.29 is 0 Å². The van der Waals surface area contributed by atoms with Gasteiger partial charge in [0.25, 0.3) is 0 Å². The van der Waals surface area contributed by atoms with Crippen LogP contribution in [0.25, 0.3) is 81.8 Å². The summed E-state index contributed by atoms with van der Waals surface area (Å²) < 4.78 is 2.75. The molecule has 6 aromatic carbocycles. The Bertz CT molecular complexity index is 3150. The van der Waals surface area contributed by atoms with Gasteiger partial charge >= 0.3 is 332 Å². The van der Waals surface area contributed by atoms with Crippen molar-refractivity contribution >= 4 is 62.7 Å². The number of hydrogen-bond acceptors (Lipinski definition) is 3. The fraction of sp³-hybridized carbons (Fsp3) is 0.0192. The average molecular weight is 777 g/mol. The van der Waals surface area contributed by atoms with Crippen LogP contribution in [-0.2, 0) is 0 Å². The van der Waals surface area contributed by atoms with Crippen molar-refractivity contribution in [3.05, 3.63) is 215 Å². The van der Waals surface area contributed by atoms with Gasteiger partial charge in [0.15, 0.2) is 0 Å². The van der Waals surface area contributed by atoms with Crippen LogP contribution in [0.5, 0.6) is 0 Å². The Morgan fingerprint density at radius 3 is 1.82 bits per heavy atom. The van der Waals surface area contributed by atoms with E-state index in [9.17, 15) is 0 Å². The van der Waals surface area contributed by atoms with Crippen molar-refractivity contribution in [2.45, 2.75) is 0 Å². The van der Waals surface area contributed by atoms with E-state index in [2.05, 4.69) is 193 Å². The first kappa shape index (κ1) is 31.6. The van der Waals surface area contributed by atoms with E-state index < -0.39 is 5.41 Å². The van der Waals surface area contributed by atoms with E-state index in [-0.39, 0.29) is 14.5 Å². The Kier molecular flexibility index (Phi) is 6.86. The molecular weight excluding hydrogens is 746 g/mol. The quantitative estimate of drug-likeness (QED) is 0.167. The molecule has 2 heterocycles. The molecule has 0 amide bonds. The number of rotatable bonds is 4. The summed E-state index contributed by atoms with van der Waals surface area (Å²) in [7, 11) is 0. The van der Waals surface area contributed by atoms with Crippen LogP contribution in [0.2, 0.25) is 0 Å². The predicted molar refractivity (Wildman–Crippen MR) is 232 cm³/mol. The van der Waals surface area contributed by atoms with Gasteiger partial charge in [-0.05, 0) is 0 Å². The summed E-state index contributed by atoms with van der Waals surface area (Å²) in [4.78, 5) is 0. The van der Waals surface area contributed by atoms with Crippen LogP contribution < -0.4 is 0 Å². The summed E-state index contributed by atoms with van der Waals surface area (Å²) in [6.45, 7) is 0. The average Bonchev–Trinajstić information content (AvgIpc) is 3.97. The topological polar surface area (TPSA) is 38.7 Å². The summed E-state index contributed by atoms with van der Waals surface area (Å²) in [6, 6.07) is 52.4. The van der Waals surface area contributed by atoms with E-state index in [0.29, 0.717) is 0 Å². The van der Waals surface area contributed by atoms with Crippen LogP contribution in [0, 0.1) is 5.41 Å². The van der Waals surface area contributed by atoms with E-state index in [1.807, 2.05) is 0 Å². The van der Waals surface area contributed by atoms with Crippen molar-refractivity contribution in [1.29, 1.82) is 0 Å². The molecule has 0 bridgehead atoms. The SMILES string of the molecule is C1=CC2(C3=Cc4ccccc4C3=C1)C1=Cc3ccccc3C1=CC=C2c1c(-c2ccccc2)nnnc1-c1c(-c2ccccc2)ccc2[se]c3ccccc3c12. The molecule has 3 nitrogen and oxygen atoms in total. The van der Waals surface area contributed by atoms with Crippen LogP contribution in [0.15, 0.2) is 187 Å². The fourth-order valence-electron chi connectivity index (χ4n) is 9.55. The first-order valence-corrected chi connectivity index (χ1v) is 20.7. The fourth-order valence-corrected chi connectivity index (χ4v) is 11.9. The van der Waals surface area contributed by atoms with Gasteiger partial charge in [-0.15, -0.1) is 0 Å². The Labute approximate surface area is 330 Å². The van der Waals surface area contributed by atoms with Crippen LogP contribution >= 0.6 is 0 Å². The molecule has 56 heavy (non-hydrogen) atoms. The van der Waals surface area contributed by atoms with Crippen molar-refractivity contribution in [2.24, 2.45) is 5.41 Å². The van der Waals surface area contributed by atoms with Gasteiger partial charge < -0.3 is 0 Å². The molecule has 1 unspecified atom stereocenters. The molecule has 0 saturated heterocycles. The molecule has 0 radical (unpaired) electrons. The number of nitrogens with zero attached hydrogens (tertiary/aromatic N) is 3. The monoisotopic (exact) mass is 777 g/mol. The van der Waals surface area contributed by atoms with Crippen molar-refractivity contribution in [2.75, 3.05) is 0 Å². The summed E-state index contributed by atoms with van der Waals surface area (Å²) in [6.07, 6.45) is 16.5. The van der Waals surface area contributed by atoms with Crippen LogP contribution in [-0.4, -0.2) is 29.9 Å². The van der Waals surface area contributed by atoms with Crippen molar-refractivity contribution in [3.63, 3.8) is 0 Å². The van der Waals surface area contributed by atoms with Gasteiger partial charge in [-0.25, -0.2) is 0 Å². The zero-order valence-electron chi connectivity index (χ0n) is 30.1. The second kappa shape index (κ2) is 12.1. The van der Waals surface area contributed by atoms with Crippen LogP contribution in [0.1, 0.15) is 27.8 Å². The number of benzene rings is 6. The predicted octanol–water partition coefficient (Wildman–Crippen LogP) is 12.2. The zero-order valence-corrected chi connectivity index (χ0v) is 31.9. The molecule has 0 aliphatic heterocycles. The minimum atomic E-state index is -0.651. The normalized spacial score (nSPS) is 17.5. The van der Waals surface area contributed by atoms with Gasteiger partial charge in [0, 0.05) is 0 Å². The van der Waals surface area contributed by atoms with Gasteiger partial charge in [0.05, 0.1) is 0 Å². The minimum absolute atomic E-state index is 0.161. The maximum atomic E-state index is 5.18. The molecule has 4 aliphatic carbocycles. The number of aromatic nitrogens is 3. The summed E-state index contributed by atoms with van der Waals surface area (Å²) in [5, 5.41) is 17.3. The molecule has 0 fully saturated rings. The van der Waals surface area contributed by atoms with Gasteiger partial charge in [0.2, 0.25) is 0 Å². The standard InChI is InChI=1S/C52H31N3Se/c1-3-14-32(15-4-1)38-26-28-46-47(41-22-11-12-24-45(41)56-46)48(38)51-49(50(53-55-54-51)33-16-5-2-6-17-33)42-27-25-40-37-21-10-8-19-35(37)31-44(40)52(42)29-13-23-39-36-20-9-7-18-34(36)30-43(39)52/h1-31H. The number of hydrogen-bond donors (Lipinski definition) is 0. The third kappa shape index (κ3) is 4.43.